The van der Waals surface area contributed by atoms with E-state index in [4.69, 9.17) is 11.6 Å². The van der Waals surface area contributed by atoms with Gasteiger partial charge in [0.05, 0.1) is 6.04 Å². The summed E-state index contributed by atoms with van der Waals surface area (Å²) in [5.74, 6) is 0. The Bertz CT molecular complexity index is 193. The number of rotatable bonds is 1. The normalized spacial score (nSPS) is 24.4. The molecule has 2 heteroatoms. The molecule has 54 valence electrons. The first-order valence-corrected chi connectivity index (χ1v) is 3.52. The molecule has 0 aromatic rings. The molecule has 0 saturated heterocycles. The maximum atomic E-state index is 5.87. The lowest BCUT2D eigenvalue weighted by atomic mass is 10.2. The summed E-state index contributed by atoms with van der Waals surface area (Å²) in [5, 5.41) is 0.819. The molecular formula is C8H10ClN. The van der Waals surface area contributed by atoms with E-state index >= 15 is 0 Å². The first-order chi connectivity index (χ1) is 4.75. The average molecular weight is 156 g/mol. The van der Waals surface area contributed by atoms with Gasteiger partial charge in [0.1, 0.15) is 0 Å². The van der Waals surface area contributed by atoms with Crippen LogP contribution in [-0.4, -0.2) is 18.0 Å². The minimum absolute atomic E-state index is 0.159. The minimum Gasteiger partial charge on any atom is -0.369 e. The summed E-state index contributed by atoms with van der Waals surface area (Å²) >= 11 is 5.87. The number of likely N-dealkylation sites (N-methyl/N-ethyl adjacent to an activating group) is 1. The number of halogens is 1. The zero-order chi connectivity index (χ0) is 7.56. The van der Waals surface area contributed by atoms with E-state index in [9.17, 15) is 0 Å². The average Bonchev–Trinajstić information content (AvgIpc) is 1.88. The van der Waals surface area contributed by atoms with Gasteiger partial charge in [-0.25, -0.2) is 0 Å². The summed E-state index contributed by atoms with van der Waals surface area (Å²) in [7, 11) is 1.97. The van der Waals surface area contributed by atoms with Crippen LogP contribution in [0.5, 0.6) is 0 Å². The van der Waals surface area contributed by atoms with Gasteiger partial charge >= 0.3 is 0 Å². The third-order valence-corrected chi connectivity index (χ3v) is 1.87. The minimum atomic E-state index is 0.159. The molecule has 1 unspecified atom stereocenters. The maximum absolute atomic E-state index is 5.87. The first kappa shape index (κ1) is 7.42. The molecule has 0 bridgehead atoms. The lowest BCUT2D eigenvalue weighted by Crippen LogP contribution is -2.26. The molecule has 0 aliphatic carbocycles. The van der Waals surface area contributed by atoms with Crippen molar-refractivity contribution in [1.29, 1.82) is 0 Å². The SMILES string of the molecule is C=CC1C(Cl)=CC=CN1C. The largest absolute Gasteiger partial charge is 0.369 e. The summed E-state index contributed by atoms with van der Waals surface area (Å²) < 4.78 is 0. The lowest BCUT2D eigenvalue weighted by molar-refractivity contribution is 0.429. The molecule has 1 atom stereocenters. The summed E-state index contributed by atoms with van der Waals surface area (Å²) in [5.41, 5.74) is 0. The lowest BCUT2D eigenvalue weighted by Gasteiger charge is -2.25. The van der Waals surface area contributed by atoms with E-state index in [-0.39, 0.29) is 6.04 Å². The van der Waals surface area contributed by atoms with Crippen molar-refractivity contribution < 1.29 is 0 Å². The monoisotopic (exact) mass is 155 g/mol. The molecule has 1 aliphatic heterocycles. The fourth-order valence-corrected chi connectivity index (χ4v) is 1.25. The van der Waals surface area contributed by atoms with Gasteiger partial charge in [0.2, 0.25) is 0 Å². The van der Waals surface area contributed by atoms with Crippen LogP contribution >= 0.6 is 11.6 Å². The Morgan fingerprint density at radius 1 is 1.80 bits per heavy atom. The van der Waals surface area contributed by atoms with Crippen LogP contribution in [0, 0.1) is 0 Å². The van der Waals surface area contributed by atoms with Crippen LogP contribution in [0.2, 0.25) is 0 Å². The molecule has 1 aliphatic rings. The van der Waals surface area contributed by atoms with Gasteiger partial charge < -0.3 is 4.90 Å². The number of allylic oxidation sites excluding steroid dienone is 2. The molecule has 1 nitrogen and oxygen atoms in total. The Morgan fingerprint density at radius 3 is 2.90 bits per heavy atom. The summed E-state index contributed by atoms with van der Waals surface area (Å²) in [4.78, 5) is 2.01. The molecule has 0 fully saturated rings. The van der Waals surface area contributed by atoms with Crippen molar-refractivity contribution in [2.45, 2.75) is 6.04 Å². The predicted octanol–water partition coefficient (Wildman–Crippen LogP) is 2.12. The van der Waals surface area contributed by atoms with E-state index in [1.165, 1.54) is 0 Å². The van der Waals surface area contributed by atoms with Gasteiger partial charge in [-0.2, -0.15) is 0 Å². The van der Waals surface area contributed by atoms with Gasteiger partial charge in [-0.15, -0.1) is 6.58 Å². The second-order valence-electron chi connectivity index (χ2n) is 2.24. The van der Waals surface area contributed by atoms with Crippen LogP contribution in [0.15, 0.2) is 36.0 Å². The van der Waals surface area contributed by atoms with E-state index in [1.807, 2.05) is 36.4 Å². The van der Waals surface area contributed by atoms with Crippen molar-refractivity contribution in [3.8, 4) is 0 Å². The molecule has 0 radical (unpaired) electrons. The quantitative estimate of drug-likeness (QED) is 0.525. The fourth-order valence-electron chi connectivity index (χ4n) is 0.935. The van der Waals surface area contributed by atoms with Crippen LogP contribution in [0.25, 0.3) is 0 Å². The van der Waals surface area contributed by atoms with Crippen LogP contribution in [0.4, 0.5) is 0 Å². The van der Waals surface area contributed by atoms with E-state index in [0.717, 1.165) is 5.03 Å². The van der Waals surface area contributed by atoms with Crippen molar-refractivity contribution in [2.75, 3.05) is 7.05 Å². The van der Waals surface area contributed by atoms with Crippen molar-refractivity contribution >= 4 is 11.6 Å². The second-order valence-corrected chi connectivity index (χ2v) is 2.68. The third-order valence-electron chi connectivity index (χ3n) is 1.52. The number of hydrogen-bond acceptors (Lipinski definition) is 1. The van der Waals surface area contributed by atoms with Crippen molar-refractivity contribution in [2.24, 2.45) is 0 Å². The number of nitrogens with zero attached hydrogens (tertiary/aromatic N) is 1. The first-order valence-electron chi connectivity index (χ1n) is 3.14. The third kappa shape index (κ3) is 1.24. The topological polar surface area (TPSA) is 3.24 Å². The predicted molar refractivity (Wildman–Crippen MR) is 44.8 cm³/mol. The fraction of sp³-hybridized carbons (Fsp3) is 0.250. The van der Waals surface area contributed by atoms with Crippen LogP contribution in [0.1, 0.15) is 0 Å². The summed E-state index contributed by atoms with van der Waals surface area (Å²) in [6, 6.07) is 0.159. The standard InChI is InChI=1S/C8H10ClN/c1-3-8-7(9)5-4-6-10(8)2/h3-6,8H,1H2,2H3. The van der Waals surface area contributed by atoms with Gasteiger partial charge in [0, 0.05) is 12.1 Å². The molecule has 0 spiro atoms. The zero-order valence-electron chi connectivity index (χ0n) is 5.92. The van der Waals surface area contributed by atoms with Crippen LogP contribution in [0.3, 0.4) is 0 Å². The Kier molecular flexibility index (Phi) is 2.17. The molecule has 0 amide bonds. The van der Waals surface area contributed by atoms with Crippen LogP contribution < -0.4 is 0 Å². The summed E-state index contributed by atoms with van der Waals surface area (Å²) in [6.45, 7) is 3.68. The smallest absolute Gasteiger partial charge is 0.0821 e. The number of hydrogen-bond donors (Lipinski definition) is 0. The molecule has 1 heterocycles. The van der Waals surface area contributed by atoms with Gasteiger partial charge in [-0.1, -0.05) is 17.7 Å². The highest BCUT2D eigenvalue weighted by Crippen LogP contribution is 2.18. The highest BCUT2D eigenvalue weighted by molar-refractivity contribution is 6.30. The van der Waals surface area contributed by atoms with Gasteiger partial charge in [-0.3, -0.25) is 0 Å². The molecule has 10 heavy (non-hydrogen) atoms. The summed E-state index contributed by atoms with van der Waals surface area (Å²) in [6.07, 6.45) is 7.59. The van der Waals surface area contributed by atoms with E-state index in [2.05, 4.69) is 6.58 Å². The van der Waals surface area contributed by atoms with Crippen molar-refractivity contribution in [3.63, 3.8) is 0 Å². The molecule has 0 aromatic carbocycles. The molecule has 0 N–H and O–H groups in total. The maximum Gasteiger partial charge on any atom is 0.0821 e. The molecule has 0 saturated carbocycles. The van der Waals surface area contributed by atoms with Gasteiger partial charge in [0.15, 0.2) is 0 Å². The van der Waals surface area contributed by atoms with Gasteiger partial charge in [0.25, 0.3) is 0 Å². The Hall–Kier alpha value is -0.690. The van der Waals surface area contributed by atoms with Crippen LogP contribution in [-0.2, 0) is 0 Å². The highest BCUT2D eigenvalue weighted by Gasteiger charge is 2.12. The molecule has 1 rings (SSSR count). The molecular weight excluding hydrogens is 146 g/mol. The Balaban J connectivity index is 2.80. The van der Waals surface area contributed by atoms with Crippen molar-refractivity contribution in [1.82, 2.24) is 4.90 Å². The van der Waals surface area contributed by atoms with E-state index in [1.54, 1.807) is 0 Å². The second kappa shape index (κ2) is 2.93. The molecule has 0 aromatic heterocycles. The van der Waals surface area contributed by atoms with Crippen molar-refractivity contribution in [3.05, 3.63) is 36.0 Å². The van der Waals surface area contributed by atoms with E-state index in [0.29, 0.717) is 0 Å². The Morgan fingerprint density at radius 2 is 2.50 bits per heavy atom. The van der Waals surface area contributed by atoms with Gasteiger partial charge in [-0.05, 0) is 18.4 Å². The van der Waals surface area contributed by atoms with E-state index < -0.39 is 0 Å². The highest BCUT2D eigenvalue weighted by atomic mass is 35.5. The Labute approximate surface area is 66.3 Å². The zero-order valence-corrected chi connectivity index (χ0v) is 6.67.